The fraction of sp³-hybridized carbons (Fsp3) is 0.558. The average Bonchev–Trinajstić information content (AvgIpc) is 4.05. The van der Waals surface area contributed by atoms with Crippen molar-refractivity contribution in [1.29, 1.82) is 5.26 Å². The number of H-pyrrole nitrogens is 1. The third-order valence-electron chi connectivity index (χ3n) is 13.3. The van der Waals surface area contributed by atoms with Gasteiger partial charge in [-0.2, -0.15) is 5.26 Å². The molecule has 4 N–H and O–H groups in total. The van der Waals surface area contributed by atoms with E-state index in [2.05, 4.69) is 30.2 Å². The summed E-state index contributed by atoms with van der Waals surface area (Å²) in [6, 6.07) is 10.6. The van der Waals surface area contributed by atoms with Gasteiger partial charge in [0.15, 0.2) is 57.5 Å². The number of rotatable bonds is 19. The number of aliphatic hydroxyl groups excluding tert-OH is 1. The minimum Gasteiger partial charge on any atom is -0.408 e. The van der Waals surface area contributed by atoms with Crippen molar-refractivity contribution in [2.75, 3.05) is 25.1 Å². The van der Waals surface area contributed by atoms with Crippen LogP contribution < -0.4 is 10.9 Å². The molecule has 0 aliphatic carbocycles. The zero-order chi connectivity index (χ0) is 51.8. The Hall–Kier alpha value is -4.01. The SMILES string of the molecule is CC(C)(C)[Si](C)(C)OC1[C@@H](OP(=S)(OCCC#N)OC[C@H]2O[C@@H](n3cc(F)c4c(=O)[nH]cnc43)C(O[Si](C)(C)C(C)(C)C)[C@@H]2O[PH](=O)O)[C@H](n2cnc3c(NC(=O)c4ccccc4)ncnc32)O[C@@H]1CO. The molecule has 1 aromatic carbocycles. The number of hydrogen-bond acceptors (Lipinski definition) is 18. The number of halogens is 1. The number of anilines is 1. The summed E-state index contributed by atoms with van der Waals surface area (Å²) in [5, 5.41) is 22.2. The van der Waals surface area contributed by atoms with Gasteiger partial charge >= 0.3 is 15.0 Å². The van der Waals surface area contributed by atoms with Crippen LogP contribution in [0.2, 0.25) is 36.3 Å². The van der Waals surface area contributed by atoms with Gasteiger partial charge in [0, 0.05) is 11.8 Å². The summed E-state index contributed by atoms with van der Waals surface area (Å²) >= 11 is 6.16. The molecule has 1 amide bonds. The van der Waals surface area contributed by atoms with E-state index in [-0.39, 0.29) is 46.1 Å². The Kier molecular flexibility index (Phi) is 16.5. The van der Waals surface area contributed by atoms with Crippen molar-refractivity contribution in [3.05, 3.63) is 77.2 Å². The van der Waals surface area contributed by atoms with E-state index in [1.165, 1.54) is 21.8 Å². The Morgan fingerprint density at radius 3 is 2.23 bits per heavy atom. The minimum absolute atomic E-state index is 0.0909. The van der Waals surface area contributed by atoms with Crippen LogP contribution in [-0.2, 0) is 52.8 Å². The van der Waals surface area contributed by atoms with Crippen molar-refractivity contribution < 1.29 is 60.2 Å². The van der Waals surface area contributed by atoms with Gasteiger partial charge in [-0.15, -0.1) is 0 Å². The number of imidazole rings is 1. The molecule has 2 aliphatic rings. The first-order valence-electron chi connectivity index (χ1n) is 22.7. The van der Waals surface area contributed by atoms with Crippen LogP contribution in [0.4, 0.5) is 10.2 Å². The molecule has 0 saturated carbocycles. The quantitative estimate of drug-likeness (QED) is 0.0374. The van der Waals surface area contributed by atoms with Crippen LogP contribution in [0.3, 0.4) is 0 Å². The second-order valence-electron chi connectivity index (χ2n) is 20.1. The van der Waals surface area contributed by atoms with Gasteiger partial charge in [-0.1, -0.05) is 59.7 Å². The van der Waals surface area contributed by atoms with E-state index in [1.54, 1.807) is 30.3 Å². The minimum atomic E-state index is -4.17. The summed E-state index contributed by atoms with van der Waals surface area (Å²) in [6.45, 7) is 14.5. The van der Waals surface area contributed by atoms with Gasteiger partial charge in [-0.05, 0) is 60.2 Å². The van der Waals surface area contributed by atoms with Crippen LogP contribution in [-0.4, -0.2) is 123 Å². The number of ether oxygens (including phenoxy) is 2. The highest BCUT2D eigenvalue weighted by Gasteiger charge is 2.56. The van der Waals surface area contributed by atoms with E-state index < -0.39 is 116 Å². The molecule has 2 aliphatic heterocycles. The monoisotopic (exact) mass is 1080 g/mol. The number of carbonyl (C=O) groups excluding carboxylic acids is 1. The molecular formula is C43H60FN9O13P2SSi2. The number of nitriles is 1. The molecule has 386 valence electrons. The number of nitrogens with zero attached hydrogens (tertiary/aromatic N) is 7. The smallest absolute Gasteiger partial charge is 0.327 e. The topological polar surface area (TPSA) is 279 Å². The van der Waals surface area contributed by atoms with Crippen molar-refractivity contribution in [3.8, 4) is 6.07 Å². The first kappa shape index (κ1) is 54.8. The number of amides is 1. The maximum Gasteiger partial charge on any atom is 0.327 e. The van der Waals surface area contributed by atoms with Crippen LogP contribution in [0.5, 0.6) is 0 Å². The van der Waals surface area contributed by atoms with E-state index in [0.29, 0.717) is 5.56 Å². The van der Waals surface area contributed by atoms with Crippen molar-refractivity contribution in [1.82, 2.24) is 34.1 Å². The van der Waals surface area contributed by atoms with E-state index in [4.69, 9.17) is 48.2 Å². The van der Waals surface area contributed by atoms with E-state index in [1.807, 2.05) is 73.8 Å². The fourth-order valence-electron chi connectivity index (χ4n) is 7.57. The zero-order valence-corrected chi connectivity index (χ0v) is 45.6. The van der Waals surface area contributed by atoms with Crippen molar-refractivity contribution in [3.63, 3.8) is 0 Å². The van der Waals surface area contributed by atoms with Gasteiger partial charge in [-0.25, -0.2) is 24.3 Å². The van der Waals surface area contributed by atoms with Crippen molar-refractivity contribution >= 4 is 77.3 Å². The molecule has 22 nitrogen and oxygen atoms in total. The number of carbonyl (C=O) groups is 1. The lowest BCUT2D eigenvalue weighted by Crippen LogP contribution is -2.50. The van der Waals surface area contributed by atoms with Crippen LogP contribution >= 0.6 is 15.0 Å². The number of aromatic amines is 1. The number of benzene rings is 1. The van der Waals surface area contributed by atoms with Gasteiger partial charge in [0.25, 0.3) is 11.5 Å². The molecule has 0 bridgehead atoms. The first-order valence-corrected chi connectivity index (χ1v) is 32.3. The Bertz CT molecular complexity index is 2900. The Labute approximate surface area is 417 Å². The molecule has 4 aromatic heterocycles. The fourth-order valence-corrected chi connectivity index (χ4v) is 12.8. The molecule has 2 fully saturated rings. The molecule has 71 heavy (non-hydrogen) atoms. The van der Waals surface area contributed by atoms with Crippen LogP contribution in [0.1, 0.15) is 70.8 Å². The Balaban J connectivity index is 1.28. The van der Waals surface area contributed by atoms with Gasteiger partial charge in [-0.3, -0.25) is 23.2 Å². The third-order valence-corrected chi connectivity index (χ3v) is 25.1. The van der Waals surface area contributed by atoms with E-state index in [9.17, 15) is 29.4 Å². The van der Waals surface area contributed by atoms with Crippen molar-refractivity contribution in [2.45, 2.75) is 133 Å². The van der Waals surface area contributed by atoms with Gasteiger partial charge in [0.05, 0.1) is 45.0 Å². The molecule has 6 heterocycles. The molecule has 2 saturated heterocycles. The molecular weight excluding hydrogens is 1020 g/mol. The molecule has 7 rings (SSSR count). The Morgan fingerprint density at radius 2 is 1.59 bits per heavy atom. The first-order chi connectivity index (χ1) is 33.3. The standard InChI is InChI=1S/C43H60FN9O13P2SSi2/c1-42(2,3)70(7,8)65-32-27(20-54)61-40(53-24-50-30-35(46-22-48-37(30)53)51-38(55)25-15-12-11-13-16-25)33(32)64-68(69,59-18-14-17-45)60-21-28-31(63-67(57)58)34(66-71(9,10)43(4,5)6)41(62-28)52-19-26(44)29-36(52)47-23-49-39(29)56/h11-13,15-16,19,22-24,27-28,31-34,40-41,54,67H,14,18,20-21H2,1-10H3,(H,57,58)(H,47,49,56)(H,46,48,51,55)/t27-,28-,31-,32?,33-,34?,40-,41-,68?/m1/s1. The molecule has 10 atom stereocenters. The highest BCUT2D eigenvalue weighted by Crippen LogP contribution is 2.56. The van der Waals surface area contributed by atoms with Crippen LogP contribution in [0.15, 0.2) is 60.3 Å². The lowest BCUT2D eigenvalue weighted by atomic mass is 10.1. The second-order valence-corrected chi connectivity index (χ2v) is 33.3. The summed E-state index contributed by atoms with van der Waals surface area (Å²) < 4.78 is 83.3. The number of hydrogen-bond donors (Lipinski definition) is 4. The van der Waals surface area contributed by atoms with Crippen LogP contribution in [0.25, 0.3) is 22.2 Å². The van der Waals surface area contributed by atoms with Gasteiger partial charge in [0.1, 0.15) is 48.3 Å². The highest BCUT2D eigenvalue weighted by atomic mass is 32.5. The highest BCUT2D eigenvalue weighted by molar-refractivity contribution is 8.07. The Morgan fingerprint density at radius 1 is 0.944 bits per heavy atom. The lowest BCUT2D eigenvalue weighted by molar-refractivity contribution is -0.0575. The maximum absolute atomic E-state index is 15.6. The summed E-state index contributed by atoms with van der Waals surface area (Å²) in [6.07, 6.45) is -5.05. The molecule has 4 unspecified atom stereocenters. The van der Waals surface area contributed by atoms with Crippen molar-refractivity contribution in [2.24, 2.45) is 0 Å². The predicted octanol–water partition coefficient (Wildman–Crippen LogP) is 6.85. The third kappa shape index (κ3) is 11.7. The number of fused-ring (bicyclic) bond motifs is 2. The second kappa shape index (κ2) is 21.5. The number of nitrogens with one attached hydrogen (secondary N) is 2. The zero-order valence-electron chi connectivity index (χ0n) is 40.9. The molecule has 5 aromatic rings. The maximum atomic E-state index is 15.6. The summed E-state index contributed by atoms with van der Waals surface area (Å²) in [7, 11) is -9.30. The van der Waals surface area contributed by atoms with Gasteiger partial charge < -0.3 is 56.8 Å². The average molecular weight is 1080 g/mol. The number of aliphatic hydroxyl groups is 1. The summed E-state index contributed by atoms with van der Waals surface area (Å²) in [5.74, 6) is -1.24. The summed E-state index contributed by atoms with van der Waals surface area (Å²) in [5.41, 5.74) is -0.0557. The van der Waals surface area contributed by atoms with Crippen LogP contribution in [0, 0.1) is 17.1 Å². The number of aromatic nitrogens is 7. The largest absolute Gasteiger partial charge is 0.408 e. The lowest BCUT2D eigenvalue weighted by Gasteiger charge is -2.41. The molecule has 0 spiro atoms. The predicted molar refractivity (Wildman–Crippen MR) is 266 cm³/mol. The summed E-state index contributed by atoms with van der Waals surface area (Å²) in [4.78, 5) is 56.4. The normalized spacial score (nSPS) is 24.6. The van der Waals surface area contributed by atoms with Gasteiger partial charge in [0.2, 0.25) is 0 Å². The van der Waals surface area contributed by atoms with E-state index >= 15 is 4.39 Å². The molecule has 0 radical (unpaired) electrons. The molecule has 28 heteroatoms. The van der Waals surface area contributed by atoms with E-state index in [0.717, 1.165) is 12.5 Å².